The third kappa shape index (κ3) is 2.24. The van der Waals surface area contributed by atoms with Gasteiger partial charge in [0.05, 0.1) is 12.2 Å². The van der Waals surface area contributed by atoms with Crippen molar-refractivity contribution in [1.29, 1.82) is 0 Å². The van der Waals surface area contributed by atoms with E-state index in [1.54, 1.807) is 10.9 Å². The predicted octanol–water partition coefficient (Wildman–Crippen LogP) is 0.744. The average molecular weight is 249 g/mol. The Kier molecular flexibility index (Phi) is 3.40. The second-order valence-electron chi connectivity index (χ2n) is 3.93. The fraction of sp³-hybridized carbons (Fsp3) is 0.455. The van der Waals surface area contributed by atoms with Gasteiger partial charge in [0, 0.05) is 18.9 Å². The number of carboxylic acids is 1. The first kappa shape index (κ1) is 12.3. The van der Waals surface area contributed by atoms with Crippen LogP contribution in [0.5, 0.6) is 0 Å². The number of nitrogens with zero attached hydrogens (tertiary/aromatic N) is 5. The van der Waals surface area contributed by atoms with Crippen molar-refractivity contribution in [3.05, 3.63) is 29.6 Å². The highest BCUT2D eigenvalue weighted by molar-refractivity contribution is 5.86. The van der Waals surface area contributed by atoms with E-state index in [1.165, 1.54) is 0 Å². The van der Waals surface area contributed by atoms with Gasteiger partial charge >= 0.3 is 5.97 Å². The van der Waals surface area contributed by atoms with Gasteiger partial charge in [-0.15, -0.1) is 5.10 Å². The van der Waals surface area contributed by atoms with Gasteiger partial charge in [-0.1, -0.05) is 12.1 Å². The van der Waals surface area contributed by atoms with Crippen LogP contribution >= 0.6 is 0 Å². The van der Waals surface area contributed by atoms with Gasteiger partial charge in [-0.05, 0) is 13.3 Å². The summed E-state index contributed by atoms with van der Waals surface area (Å²) in [5.41, 5.74) is 0.695. The molecule has 2 rings (SSSR count). The summed E-state index contributed by atoms with van der Waals surface area (Å²) in [7, 11) is 0. The number of hydrogen-bond acceptors (Lipinski definition) is 4. The molecule has 18 heavy (non-hydrogen) atoms. The summed E-state index contributed by atoms with van der Waals surface area (Å²) in [5, 5.41) is 16.6. The Labute approximate surface area is 104 Å². The predicted molar refractivity (Wildman–Crippen MR) is 63.3 cm³/mol. The molecule has 7 nitrogen and oxygen atoms in total. The van der Waals surface area contributed by atoms with Gasteiger partial charge in [-0.25, -0.2) is 14.5 Å². The van der Waals surface area contributed by atoms with Crippen LogP contribution in [0.3, 0.4) is 0 Å². The molecule has 0 radical (unpaired) electrons. The van der Waals surface area contributed by atoms with E-state index < -0.39 is 5.97 Å². The van der Waals surface area contributed by atoms with Gasteiger partial charge in [0.1, 0.15) is 5.82 Å². The van der Waals surface area contributed by atoms with Crippen molar-refractivity contribution in [2.75, 3.05) is 0 Å². The summed E-state index contributed by atoms with van der Waals surface area (Å²) >= 11 is 0. The smallest absolute Gasteiger partial charge is 0.358 e. The monoisotopic (exact) mass is 249 g/mol. The SMILES string of the molecule is CCc1c(C(=O)O)nnn1CCn1ccnc1C. The van der Waals surface area contributed by atoms with Gasteiger partial charge in [0.15, 0.2) is 5.69 Å². The molecule has 0 atom stereocenters. The van der Waals surface area contributed by atoms with E-state index in [0.29, 0.717) is 25.2 Å². The Morgan fingerprint density at radius 1 is 1.44 bits per heavy atom. The highest BCUT2D eigenvalue weighted by Gasteiger charge is 2.17. The van der Waals surface area contributed by atoms with Crippen LogP contribution in [-0.4, -0.2) is 35.6 Å². The lowest BCUT2D eigenvalue weighted by molar-refractivity contribution is 0.0689. The Hall–Kier alpha value is -2.18. The van der Waals surface area contributed by atoms with Crippen LogP contribution in [0.25, 0.3) is 0 Å². The van der Waals surface area contributed by atoms with Crippen molar-refractivity contribution in [3.63, 3.8) is 0 Å². The molecule has 0 aliphatic rings. The van der Waals surface area contributed by atoms with Crippen molar-refractivity contribution in [3.8, 4) is 0 Å². The molecule has 0 saturated carbocycles. The molecule has 96 valence electrons. The molecular formula is C11H15N5O2. The van der Waals surface area contributed by atoms with E-state index in [2.05, 4.69) is 15.3 Å². The maximum absolute atomic E-state index is 10.9. The maximum atomic E-state index is 10.9. The number of aromatic carboxylic acids is 1. The lowest BCUT2D eigenvalue weighted by Gasteiger charge is -2.07. The quantitative estimate of drug-likeness (QED) is 0.844. The molecule has 0 aromatic carbocycles. The van der Waals surface area contributed by atoms with Gasteiger partial charge < -0.3 is 9.67 Å². The zero-order valence-corrected chi connectivity index (χ0v) is 10.4. The molecule has 1 N–H and O–H groups in total. The number of carbonyl (C=O) groups is 1. The Bertz CT molecular complexity index is 558. The number of carboxylic acid groups (broad SMARTS) is 1. The van der Waals surface area contributed by atoms with E-state index in [1.807, 2.05) is 24.6 Å². The first-order valence-corrected chi connectivity index (χ1v) is 5.77. The molecule has 0 saturated heterocycles. The van der Waals surface area contributed by atoms with Crippen LogP contribution in [0.2, 0.25) is 0 Å². The second-order valence-corrected chi connectivity index (χ2v) is 3.93. The van der Waals surface area contributed by atoms with Crippen molar-refractivity contribution >= 4 is 5.97 Å². The summed E-state index contributed by atoms with van der Waals surface area (Å²) in [6.07, 6.45) is 4.22. The van der Waals surface area contributed by atoms with E-state index in [0.717, 1.165) is 5.82 Å². The molecule has 2 aromatic rings. The molecule has 0 unspecified atom stereocenters. The average Bonchev–Trinajstić information content (AvgIpc) is 2.92. The highest BCUT2D eigenvalue weighted by Crippen LogP contribution is 2.07. The maximum Gasteiger partial charge on any atom is 0.358 e. The van der Waals surface area contributed by atoms with E-state index in [9.17, 15) is 4.79 Å². The van der Waals surface area contributed by atoms with Crippen LogP contribution in [-0.2, 0) is 19.5 Å². The zero-order valence-electron chi connectivity index (χ0n) is 10.4. The summed E-state index contributed by atoms with van der Waals surface area (Å²) in [5.74, 6) is -0.108. The molecule has 0 spiro atoms. The number of aromatic nitrogens is 5. The number of aryl methyl sites for hydroxylation is 3. The van der Waals surface area contributed by atoms with Crippen LogP contribution in [0.15, 0.2) is 12.4 Å². The molecule has 0 aliphatic heterocycles. The minimum atomic E-state index is -1.03. The van der Waals surface area contributed by atoms with Crippen LogP contribution in [0.1, 0.15) is 28.9 Å². The molecule has 2 aromatic heterocycles. The molecule has 0 fully saturated rings. The topological polar surface area (TPSA) is 85.8 Å². The van der Waals surface area contributed by atoms with Crippen LogP contribution < -0.4 is 0 Å². The third-order valence-electron chi connectivity index (χ3n) is 2.85. The van der Waals surface area contributed by atoms with Crippen LogP contribution in [0, 0.1) is 6.92 Å². The fourth-order valence-corrected chi connectivity index (χ4v) is 1.87. The largest absolute Gasteiger partial charge is 0.476 e. The van der Waals surface area contributed by atoms with Crippen molar-refractivity contribution < 1.29 is 9.90 Å². The van der Waals surface area contributed by atoms with Gasteiger partial charge in [-0.2, -0.15) is 0 Å². The first-order valence-electron chi connectivity index (χ1n) is 5.77. The van der Waals surface area contributed by atoms with Gasteiger partial charge in [-0.3, -0.25) is 0 Å². The summed E-state index contributed by atoms with van der Waals surface area (Å²) in [6.45, 7) is 5.09. The second kappa shape index (κ2) is 4.99. The van der Waals surface area contributed by atoms with Gasteiger partial charge in [0.25, 0.3) is 0 Å². The molecular weight excluding hydrogens is 234 g/mol. The summed E-state index contributed by atoms with van der Waals surface area (Å²) in [6, 6.07) is 0. The Balaban J connectivity index is 2.15. The number of rotatable bonds is 5. The molecule has 0 amide bonds. The van der Waals surface area contributed by atoms with Crippen molar-refractivity contribution in [2.24, 2.45) is 0 Å². The first-order chi connectivity index (χ1) is 8.63. The van der Waals surface area contributed by atoms with Gasteiger partial charge in [0.2, 0.25) is 0 Å². The molecule has 0 bridgehead atoms. The standard InChI is InChI=1S/C11H15N5O2/c1-3-9-10(11(17)18)13-14-16(9)7-6-15-5-4-12-8(15)2/h4-5H,3,6-7H2,1-2H3,(H,17,18). The fourth-order valence-electron chi connectivity index (χ4n) is 1.87. The summed E-state index contributed by atoms with van der Waals surface area (Å²) < 4.78 is 3.63. The van der Waals surface area contributed by atoms with E-state index >= 15 is 0 Å². The Morgan fingerprint density at radius 2 is 2.22 bits per heavy atom. The molecule has 7 heteroatoms. The zero-order chi connectivity index (χ0) is 13.1. The molecule has 2 heterocycles. The van der Waals surface area contributed by atoms with E-state index in [4.69, 9.17) is 5.11 Å². The molecule has 0 aliphatic carbocycles. The van der Waals surface area contributed by atoms with Crippen molar-refractivity contribution in [2.45, 2.75) is 33.4 Å². The Morgan fingerprint density at radius 3 is 2.78 bits per heavy atom. The van der Waals surface area contributed by atoms with Crippen LogP contribution in [0.4, 0.5) is 0 Å². The minimum Gasteiger partial charge on any atom is -0.476 e. The minimum absolute atomic E-state index is 0.0415. The number of hydrogen-bond donors (Lipinski definition) is 1. The highest BCUT2D eigenvalue weighted by atomic mass is 16.4. The number of imidazole rings is 1. The third-order valence-corrected chi connectivity index (χ3v) is 2.85. The lowest BCUT2D eigenvalue weighted by atomic mass is 10.2. The summed E-state index contributed by atoms with van der Waals surface area (Å²) in [4.78, 5) is 15.1. The normalized spacial score (nSPS) is 10.8. The van der Waals surface area contributed by atoms with E-state index in [-0.39, 0.29) is 5.69 Å². The van der Waals surface area contributed by atoms with Crippen molar-refractivity contribution in [1.82, 2.24) is 24.5 Å². The lowest BCUT2D eigenvalue weighted by Crippen LogP contribution is -2.12.